The van der Waals surface area contributed by atoms with Crippen LogP contribution in [-0.2, 0) is 36.2 Å². The zero-order chi connectivity index (χ0) is 29.3. The van der Waals surface area contributed by atoms with Gasteiger partial charge in [-0.1, -0.05) is 31.9 Å². The highest BCUT2D eigenvalue weighted by Gasteiger charge is 2.52. The van der Waals surface area contributed by atoms with Gasteiger partial charge in [0.25, 0.3) is 0 Å². The maximum Gasteiger partial charge on any atom is 0.245 e. The Morgan fingerprint density at radius 1 is 1.00 bits per heavy atom. The van der Waals surface area contributed by atoms with E-state index in [9.17, 15) is 26.4 Å². The highest BCUT2D eigenvalue weighted by molar-refractivity contribution is 8.09. The lowest BCUT2D eigenvalue weighted by molar-refractivity contribution is -0.144. The number of sulfonamides is 2. The molecule has 0 radical (unpaired) electrons. The lowest BCUT2D eigenvalue weighted by Crippen LogP contribution is -2.70. The van der Waals surface area contributed by atoms with E-state index in [0.717, 1.165) is 76.4 Å². The van der Waals surface area contributed by atoms with Crippen molar-refractivity contribution >= 4 is 37.3 Å². The second-order valence-electron chi connectivity index (χ2n) is 12.1. The average molecular weight is 597 g/mol. The quantitative estimate of drug-likeness (QED) is 0.457. The first-order valence-corrected chi connectivity index (χ1v) is 17.9. The molecule has 1 saturated carbocycles. The molecule has 2 heterocycles. The molecule has 0 bridgehead atoms. The van der Waals surface area contributed by atoms with Gasteiger partial charge < -0.3 is 5.32 Å². The zero-order valence-corrected chi connectivity index (χ0v) is 25.8. The molecule has 1 aliphatic carbocycles. The van der Waals surface area contributed by atoms with Crippen molar-refractivity contribution in [3.63, 3.8) is 0 Å². The number of likely N-dealkylation sites (tertiary alicyclic amines) is 1. The Labute approximate surface area is 239 Å². The van der Waals surface area contributed by atoms with Gasteiger partial charge in [0.05, 0.1) is 23.6 Å². The molecule has 2 saturated heterocycles. The molecular weight excluding hydrogens is 552 g/mol. The first kappa shape index (κ1) is 31.1. The van der Waals surface area contributed by atoms with E-state index < -0.39 is 25.5 Å². The van der Waals surface area contributed by atoms with E-state index in [1.807, 2.05) is 0 Å². The number of hydrogen-bond donors (Lipinski definition) is 1. The Morgan fingerprint density at radius 2 is 1.62 bits per heavy atom. The summed E-state index contributed by atoms with van der Waals surface area (Å²) >= 11 is 0. The molecule has 0 aromatic heterocycles. The molecule has 2 atom stereocenters. The standard InChI is InChI=1S/C28H44N4O6S2/c1-5-6-13-28(18-24(33)11-12-26(28)34)25-20-30(2)27(21-29-25)14-16-31(17-15-27)19-22-7-9-23(10-8-22)32(39(3,35)36)40(4,37)38/h7-10,25,29H,5-6,11-21H2,1-4H3/t25-,28?/m1/s1. The number of hydrogen-bond acceptors (Lipinski definition) is 9. The number of carbonyl (C=O) groups is 2. The summed E-state index contributed by atoms with van der Waals surface area (Å²) in [6.45, 7) is 6.12. The summed E-state index contributed by atoms with van der Waals surface area (Å²) in [7, 11) is -5.79. The zero-order valence-electron chi connectivity index (χ0n) is 24.2. The van der Waals surface area contributed by atoms with Gasteiger partial charge in [0.1, 0.15) is 11.6 Å². The molecule has 12 heteroatoms. The fourth-order valence-corrected chi connectivity index (χ4v) is 9.88. The van der Waals surface area contributed by atoms with E-state index in [0.29, 0.717) is 29.5 Å². The Kier molecular flexibility index (Phi) is 9.16. The minimum Gasteiger partial charge on any atom is -0.310 e. The van der Waals surface area contributed by atoms with Crippen LogP contribution in [0, 0.1) is 5.41 Å². The Hall–Kier alpha value is -1.86. The third kappa shape index (κ3) is 6.46. The number of nitrogens with one attached hydrogen (secondary N) is 1. The van der Waals surface area contributed by atoms with E-state index in [1.54, 1.807) is 12.1 Å². The molecule has 224 valence electrons. The number of Topliss-reactive ketones (excluding diaryl/α,β-unsaturated/α-hetero) is 2. The number of anilines is 1. The normalized spacial score (nSPS) is 26.8. The summed E-state index contributed by atoms with van der Waals surface area (Å²) in [5.74, 6) is 0.460. The molecule has 1 unspecified atom stereocenters. The number of unbranched alkanes of at least 4 members (excludes halogenated alkanes) is 1. The van der Waals surface area contributed by atoms with Crippen LogP contribution in [0.1, 0.15) is 63.9 Å². The fourth-order valence-electron chi connectivity index (χ4n) is 6.90. The minimum absolute atomic E-state index is 0.00397. The molecule has 40 heavy (non-hydrogen) atoms. The van der Waals surface area contributed by atoms with Gasteiger partial charge in [0.15, 0.2) is 0 Å². The van der Waals surface area contributed by atoms with E-state index in [4.69, 9.17) is 0 Å². The molecule has 3 aliphatic rings. The van der Waals surface area contributed by atoms with Gasteiger partial charge >= 0.3 is 0 Å². The number of ketones is 2. The van der Waals surface area contributed by atoms with Gasteiger partial charge in [-0.25, -0.2) is 16.8 Å². The summed E-state index contributed by atoms with van der Waals surface area (Å²) in [6.07, 6.45) is 7.51. The van der Waals surface area contributed by atoms with Gasteiger partial charge in [-0.2, -0.15) is 3.71 Å². The summed E-state index contributed by atoms with van der Waals surface area (Å²) in [6, 6.07) is 6.61. The minimum atomic E-state index is -3.97. The van der Waals surface area contributed by atoms with Gasteiger partial charge in [0.2, 0.25) is 20.0 Å². The number of likely N-dealkylation sites (N-methyl/N-ethyl adjacent to an activating group) is 1. The first-order chi connectivity index (χ1) is 18.7. The Morgan fingerprint density at radius 3 is 2.17 bits per heavy atom. The van der Waals surface area contributed by atoms with Gasteiger partial charge in [-0.15, -0.1) is 0 Å². The van der Waals surface area contributed by atoms with Crippen LogP contribution in [0.5, 0.6) is 0 Å². The maximum absolute atomic E-state index is 13.2. The van der Waals surface area contributed by atoms with Crippen molar-refractivity contribution in [3.05, 3.63) is 29.8 Å². The van der Waals surface area contributed by atoms with Crippen LogP contribution in [0.25, 0.3) is 0 Å². The van der Waals surface area contributed by atoms with Gasteiger partial charge in [-0.05, 0) is 44.0 Å². The van der Waals surface area contributed by atoms with Crippen molar-refractivity contribution in [1.29, 1.82) is 0 Å². The molecule has 10 nitrogen and oxygen atoms in total. The molecule has 1 N–H and O–H groups in total. The van der Waals surface area contributed by atoms with E-state index >= 15 is 0 Å². The lowest BCUT2D eigenvalue weighted by atomic mass is 9.63. The third-order valence-electron chi connectivity index (χ3n) is 9.23. The molecule has 1 aromatic carbocycles. The second-order valence-corrected chi connectivity index (χ2v) is 16.0. The number of rotatable bonds is 9. The third-order valence-corrected chi connectivity index (χ3v) is 12.5. The van der Waals surface area contributed by atoms with E-state index in [-0.39, 0.29) is 28.8 Å². The van der Waals surface area contributed by atoms with Crippen molar-refractivity contribution in [2.24, 2.45) is 5.41 Å². The predicted octanol–water partition coefficient (Wildman–Crippen LogP) is 2.15. The van der Waals surface area contributed by atoms with E-state index in [2.05, 4.69) is 29.1 Å². The van der Waals surface area contributed by atoms with Crippen LogP contribution in [0.15, 0.2) is 24.3 Å². The van der Waals surface area contributed by atoms with Gasteiger partial charge in [0, 0.05) is 63.6 Å². The summed E-state index contributed by atoms with van der Waals surface area (Å²) < 4.78 is 48.7. The molecule has 2 aliphatic heterocycles. The highest BCUT2D eigenvalue weighted by Crippen LogP contribution is 2.43. The topological polar surface area (TPSA) is 124 Å². The van der Waals surface area contributed by atoms with Crippen molar-refractivity contribution in [2.75, 3.05) is 49.4 Å². The summed E-state index contributed by atoms with van der Waals surface area (Å²) in [5.41, 5.74) is 0.495. The number of nitrogens with zero attached hydrogens (tertiary/aromatic N) is 3. The molecular formula is C28H44N4O6S2. The monoisotopic (exact) mass is 596 g/mol. The van der Waals surface area contributed by atoms with Crippen LogP contribution in [0.2, 0.25) is 0 Å². The van der Waals surface area contributed by atoms with Crippen LogP contribution < -0.4 is 9.03 Å². The number of carbonyl (C=O) groups excluding carboxylic acids is 2. The predicted molar refractivity (Wildman–Crippen MR) is 156 cm³/mol. The van der Waals surface area contributed by atoms with Crippen molar-refractivity contribution in [3.8, 4) is 0 Å². The SMILES string of the molecule is CCCCC1([C@H]2CN(C)C3(CCN(Cc4ccc(N(S(C)(=O)=O)S(C)(=O)=O)cc4)CC3)CN2)CC(=O)CCC1=O. The highest BCUT2D eigenvalue weighted by atomic mass is 32.3. The molecule has 3 fully saturated rings. The molecule has 0 amide bonds. The largest absolute Gasteiger partial charge is 0.310 e. The molecule has 4 rings (SSSR count). The number of piperazine rings is 1. The summed E-state index contributed by atoms with van der Waals surface area (Å²) in [4.78, 5) is 30.5. The molecule has 1 aromatic rings. The number of piperidine rings is 1. The number of benzene rings is 1. The van der Waals surface area contributed by atoms with Crippen LogP contribution in [-0.4, -0.2) is 95.5 Å². The van der Waals surface area contributed by atoms with Gasteiger partial charge in [-0.3, -0.25) is 19.4 Å². The lowest BCUT2D eigenvalue weighted by Gasteiger charge is -2.55. The summed E-state index contributed by atoms with van der Waals surface area (Å²) in [5, 5.41) is 3.75. The smallest absolute Gasteiger partial charge is 0.245 e. The fraction of sp³-hybridized carbons (Fsp3) is 0.714. The second kappa shape index (κ2) is 11.8. The van der Waals surface area contributed by atoms with Crippen LogP contribution >= 0.6 is 0 Å². The average Bonchev–Trinajstić information content (AvgIpc) is 2.87. The Bertz CT molecular complexity index is 1270. The van der Waals surface area contributed by atoms with Crippen molar-refractivity contribution in [1.82, 2.24) is 15.1 Å². The Balaban J connectivity index is 1.38. The first-order valence-electron chi connectivity index (χ1n) is 14.2. The maximum atomic E-state index is 13.2. The van der Waals surface area contributed by atoms with E-state index in [1.165, 1.54) is 12.1 Å². The van der Waals surface area contributed by atoms with Crippen molar-refractivity contribution in [2.45, 2.75) is 76.4 Å². The van der Waals surface area contributed by atoms with Crippen LogP contribution in [0.4, 0.5) is 5.69 Å². The van der Waals surface area contributed by atoms with Crippen LogP contribution in [0.3, 0.4) is 0 Å². The molecule has 1 spiro atoms. The van der Waals surface area contributed by atoms with Crippen molar-refractivity contribution < 1.29 is 26.4 Å².